The van der Waals surface area contributed by atoms with Crippen molar-refractivity contribution >= 4 is 18.4 Å². The van der Waals surface area contributed by atoms with Crippen molar-refractivity contribution in [3.05, 3.63) is 95.6 Å². The van der Waals surface area contributed by atoms with Crippen molar-refractivity contribution in [2.75, 3.05) is 0 Å². The highest BCUT2D eigenvalue weighted by atomic mass is 35.5. The highest BCUT2D eigenvalue weighted by Crippen LogP contribution is 2.24. The monoisotopic (exact) mass is 369 g/mol. The van der Waals surface area contributed by atoms with E-state index >= 15 is 0 Å². The van der Waals surface area contributed by atoms with Gasteiger partial charge in [-0.25, -0.2) is 0 Å². The minimum Gasteiger partial charge on any atom is -0.480 e. The second-order valence-electron chi connectivity index (χ2n) is 5.79. The summed E-state index contributed by atoms with van der Waals surface area (Å²) < 4.78 is 5.79. The lowest BCUT2D eigenvalue weighted by molar-refractivity contribution is -0.138. The van der Waals surface area contributed by atoms with Crippen LogP contribution in [0.4, 0.5) is 0 Å². The quantitative estimate of drug-likeness (QED) is 0.667. The average molecular weight is 370 g/mol. The van der Waals surface area contributed by atoms with Crippen molar-refractivity contribution in [1.82, 2.24) is 0 Å². The Labute approximate surface area is 158 Å². The molecule has 0 amide bonds. The van der Waals surface area contributed by atoms with E-state index in [1.807, 2.05) is 42.5 Å². The van der Waals surface area contributed by atoms with Gasteiger partial charge < -0.3 is 15.6 Å². The zero-order valence-corrected chi connectivity index (χ0v) is 14.9. The van der Waals surface area contributed by atoms with Crippen LogP contribution in [0.25, 0.3) is 0 Å². The summed E-state index contributed by atoms with van der Waals surface area (Å²) in [5, 5.41) is 8.92. The molecule has 134 valence electrons. The lowest BCUT2D eigenvalue weighted by atomic mass is 10.1. The standard InChI is InChI=1S/C21H19NO3.ClH/c22-20(21(23)24)17-8-12-19(13-9-17)25-18-10-6-16(7-11-18)14-15-4-2-1-3-5-15;/h1-13,20H,14,22H2,(H,23,24);1H. The second-order valence-corrected chi connectivity index (χ2v) is 5.79. The van der Waals surface area contributed by atoms with Gasteiger partial charge in [-0.05, 0) is 47.4 Å². The lowest BCUT2D eigenvalue weighted by Gasteiger charge is -2.10. The third kappa shape index (κ3) is 5.09. The third-order valence-electron chi connectivity index (χ3n) is 3.92. The maximum Gasteiger partial charge on any atom is 0.325 e. The summed E-state index contributed by atoms with van der Waals surface area (Å²) in [6.07, 6.45) is 0.878. The van der Waals surface area contributed by atoms with E-state index < -0.39 is 12.0 Å². The van der Waals surface area contributed by atoms with Gasteiger partial charge in [0.2, 0.25) is 0 Å². The number of ether oxygens (including phenoxy) is 1. The van der Waals surface area contributed by atoms with Crippen molar-refractivity contribution in [3.8, 4) is 11.5 Å². The van der Waals surface area contributed by atoms with Gasteiger partial charge >= 0.3 is 5.97 Å². The molecule has 0 saturated heterocycles. The molecule has 1 unspecified atom stereocenters. The van der Waals surface area contributed by atoms with Gasteiger partial charge in [0.1, 0.15) is 17.5 Å². The first-order chi connectivity index (χ1) is 12.1. The van der Waals surface area contributed by atoms with E-state index in [4.69, 9.17) is 15.6 Å². The van der Waals surface area contributed by atoms with Gasteiger partial charge in [-0.2, -0.15) is 0 Å². The highest BCUT2D eigenvalue weighted by molar-refractivity contribution is 5.85. The number of carboxylic acid groups (broad SMARTS) is 1. The first kappa shape index (κ1) is 19.5. The van der Waals surface area contributed by atoms with Crippen LogP contribution >= 0.6 is 12.4 Å². The van der Waals surface area contributed by atoms with E-state index in [9.17, 15) is 4.79 Å². The van der Waals surface area contributed by atoms with Gasteiger partial charge in [0, 0.05) is 0 Å². The number of nitrogens with two attached hydrogens (primary N) is 1. The van der Waals surface area contributed by atoms with Crippen LogP contribution < -0.4 is 10.5 Å². The lowest BCUT2D eigenvalue weighted by Crippen LogP contribution is -2.20. The molecule has 4 nitrogen and oxygen atoms in total. The van der Waals surface area contributed by atoms with E-state index in [1.54, 1.807) is 24.3 Å². The molecule has 3 rings (SSSR count). The van der Waals surface area contributed by atoms with Crippen LogP contribution in [0.15, 0.2) is 78.9 Å². The average Bonchev–Trinajstić information content (AvgIpc) is 2.64. The van der Waals surface area contributed by atoms with Crippen LogP contribution in [0.1, 0.15) is 22.7 Å². The fraction of sp³-hybridized carbons (Fsp3) is 0.0952. The molecule has 1 atom stereocenters. The number of halogens is 1. The van der Waals surface area contributed by atoms with Crippen LogP contribution in [-0.4, -0.2) is 11.1 Å². The molecule has 0 spiro atoms. The summed E-state index contributed by atoms with van der Waals surface area (Å²) in [6, 6.07) is 24.0. The van der Waals surface area contributed by atoms with Crippen LogP contribution in [0.5, 0.6) is 11.5 Å². The van der Waals surface area contributed by atoms with Gasteiger partial charge in [-0.3, -0.25) is 4.79 Å². The van der Waals surface area contributed by atoms with Crippen molar-refractivity contribution < 1.29 is 14.6 Å². The van der Waals surface area contributed by atoms with Gasteiger partial charge in [0.05, 0.1) is 0 Å². The van der Waals surface area contributed by atoms with E-state index in [2.05, 4.69) is 12.1 Å². The first-order valence-electron chi connectivity index (χ1n) is 8.01. The maximum absolute atomic E-state index is 10.9. The third-order valence-corrected chi connectivity index (χ3v) is 3.92. The first-order valence-corrected chi connectivity index (χ1v) is 8.01. The molecule has 0 aliphatic carbocycles. The normalized spacial score (nSPS) is 11.3. The predicted molar refractivity (Wildman–Crippen MR) is 104 cm³/mol. The molecule has 3 N–H and O–H groups in total. The highest BCUT2D eigenvalue weighted by Gasteiger charge is 2.13. The van der Waals surface area contributed by atoms with Crippen LogP contribution in [0.2, 0.25) is 0 Å². The molecule has 3 aromatic rings. The van der Waals surface area contributed by atoms with E-state index in [-0.39, 0.29) is 12.4 Å². The Kier molecular flexibility index (Phi) is 6.78. The van der Waals surface area contributed by atoms with Crippen molar-refractivity contribution in [2.45, 2.75) is 12.5 Å². The Bertz CT molecular complexity index is 833. The van der Waals surface area contributed by atoms with Gasteiger partial charge in [0.25, 0.3) is 0 Å². The number of carboxylic acids is 1. The number of hydrogen-bond acceptors (Lipinski definition) is 3. The second kappa shape index (κ2) is 9.04. The smallest absolute Gasteiger partial charge is 0.325 e. The number of carbonyl (C=O) groups is 1. The number of aliphatic carboxylic acids is 1. The largest absolute Gasteiger partial charge is 0.480 e. The maximum atomic E-state index is 10.9. The molecule has 0 fully saturated rings. The molecular weight excluding hydrogens is 350 g/mol. The number of benzene rings is 3. The number of hydrogen-bond donors (Lipinski definition) is 2. The Morgan fingerprint density at radius 1 is 0.846 bits per heavy atom. The van der Waals surface area contributed by atoms with E-state index in [0.29, 0.717) is 11.3 Å². The molecule has 0 radical (unpaired) electrons. The zero-order chi connectivity index (χ0) is 17.6. The summed E-state index contributed by atoms with van der Waals surface area (Å²) in [7, 11) is 0. The SMILES string of the molecule is Cl.NC(C(=O)O)c1ccc(Oc2ccc(Cc3ccccc3)cc2)cc1. The summed E-state index contributed by atoms with van der Waals surface area (Å²) in [5.41, 5.74) is 8.59. The Balaban J connectivity index is 0.00000243. The van der Waals surface area contributed by atoms with Gasteiger partial charge in [-0.1, -0.05) is 54.6 Å². The topological polar surface area (TPSA) is 72.6 Å². The number of rotatable bonds is 6. The molecule has 0 aliphatic heterocycles. The molecule has 0 heterocycles. The molecule has 5 heteroatoms. The fourth-order valence-corrected chi connectivity index (χ4v) is 2.53. The molecule has 0 bridgehead atoms. The zero-order valence-electron chi connectivity index (χ0n) is 14.0. The predicted octanol–water partition coefficient (Wildman–Crippen LogP) is 4.58. The van der Waals surface area contributed by atoms with Crippen molar-refractivity contribution in [3.63, 3.8) is 0 Å². The molecule has 3 aromatic carbocycles. The van der Waals surface area contributed by atoms with E-state index in [1.165, 1.54) is 11.1 Å². The van der Waals surface area contributed by atoms with Gasteiger partial charge in [0.15, 0.2) is 0 Å². The minimum atomic E-state index is -1.05. The van der Waals surface area contributed by atoms with Crippen molar-refractivity contribution in [2.24, 2.45) is 5.73 Å². The summed E-state index contributed by atoms with van der Waals surface area (Å²) in [6.45, 7) is 0. The summed E-state index contributed by atoms with van der Waals surface area (Å²) in [5.74, 6) is 0.312. The molecule has 0 aromatic heterocycles. The summed E-state index contributed by atoms with van der Waals surface area (Å²) >= 11 is 0. The molecule has 0 aliphatic rings. The Morgan fingerprint density at radius 3 is 1.88 bits per heavy atom. The van der Waals surface area contributed by atoms with E-state index in [0.717, 1.165) is 12.2 Å². The van der Waals surface area contributed by atoms with Crippen LogP contribution in [0, 0.1) is 0 Å². The Morgan fingerprint density at radius 2 is 1.35 bits per heavy atom. The minimum absolute atomic E-state index is 0. The fourth-order valence-electron chi connectivity index (χ4n) is 2.53. The molecular formula is C21H20ClNO3. The molecule has 26 heavy (non-hydrogen) atoms. The van der Waals surface area contributed by atoms with Crippen LogP contribution in [0.3, 0.4) is 0 Å². The van der Waals surface area contributed by atoms with Gasteiger partial charge in [-0.15, -0.1) is 12.4 Å². The molecule has 0 saturated carbocycles. The van der Waals surface area contributed by atoms with Crippen molar-refractivity contribution in [1.29, 1.82) is 0 Å². The Hall–Kier alpha value is -2.82. The van der Waals surface area contributed by atoms with Crippen LogP contribution in [-0.2, 0) is 11.2 Å². The summed E-state index contributed by atoms with van der Waals surface area (Å²) in [4.78, 5) is 10.9.